The van der Waals surface area contributed by atoms with Gasteiger partial charge in [-0.1, -0.05) is 11.6 Å². The maximum absolute atomic E-state index is 12.5. The molecule has 2 aromatic rings. The van der Waals surface area contributed by atoms with Crippen molar-refractivity contribution >= 4 is 34.8 Å². The van der Waals surface area contributed by atoms with Crippen LogP contribution in [0.4, 0.5) is 11.4 Å². The van der Waals surface area contributed by atoms with E-state index in [9.17, 15) is 9.59 Å². The highest BCUT2D eigenvalue weighted by Gasteiger charge is 2.21. The molecule has 0 radical (unpaired) electrons. The van der Waals surface area contributed by atoms with Crippen LogP contribution in [0.1, 0.15) is 25.0 Å². The number of ether oxygens (including phenoxy) is 2. The van der Waals surface area contributed by atoms with E-state index < -0.39 is 0 Å². The first-order valence-electron chi connectivity index (χ1n) is 9.47. The van der Waals surface area contributed by atoms with E-state index in [0.717, 1.165) is 28.3 Å². The summed E-state index contributed by atoms with van der Waals surface area (Å²) >= 11 is 6.24. The van der Waals surface area contributed by atoms with Crippen LogP contribution in [0.2, 0.25) is 5.02 Å². The molecule has 7 nitrogen and oxygen atoms in total. The van der Waals surface area contributed by atoms with E-state index in [4.69, 9.17) is 21.1 Å². The number of anilines is 2. The molecule has 1 aliphatic rings. The summed E-state index contributed by atoms with van der Waals surface area (Å²) in [5, 5.41) is 6.22. The van der Waals surface area contributed by atoms with Gasteiger partial charge < -0.3 is 25.0 Å². The van der Waals surface area contributed by atoms with Crippen LogP contribution in [0, 0.1) is 0 Å². The Kier molecular flexibility index (Phi) is 7.09. The molecular weight excluding hydrogens is 394 g/mol. The van der Waals surface area contributed by atoms with Crippen LogP contribution in [0.25, 0.3) is 0 Å². The van der Waals surface area contributed by atoms with Gasteiger partial charge in [0, 0.05) is 28.9 Å². The second-order valence-corrected chi connectivity index (χ2v) is 7.36. The van der Waals surface area contributed by atoms with Crippen LogP contribution in [0.15, 0.2) is 36.4 Å². The van der Waals surface area contributed by atoms with Crippen molar-refractivity contribution in [3.05, 3.63) is 52.5 Å². The number of rotatable bonds is 7. The summed E-state index contributed by atoms with van der Waals surface area (Å²) in [6.07, 6.45) is 0. The van der Waals surface area contributed by atoms with Crippen molar-refractivity contribution in [2.75, 3.05) is 30.5 Å². The molecule has 0 fully saturated rings. The molecule has 29 heavy (non-hydrogen) atoms. The van der Waals surface area contributed by atoms with E-state index >= 15 is 0 Å². The molecular formula is C21H25ClN3O4+. The number of likely N-dealkylation sites (N-methyl/N-ethyl adjacent to an activating group) is 1. The predicted octanol–water partition coefficient (Wildman–Crippen LogP) is 2.21. The first-order valence-corrected chi connectivity index (χ1v) is 9.85. The molecule has 3 rings (SSSR count). The van der Waals surface area contributed by atoms with Gasteiger partial charge in [-0.3, -0.25) is 9.59 Å². The minimum Gasteiger partial charge on any atom is -0.467 e. The van der Waals surface area contributed by atoms with Crippen LogP contribution >= 0.6 is 11.6 Å². The smallest absolute Gasteiger partial charge is 0.279 e. The third-order valence-electron chi connectivity index (χ3n) is 4.59. The second kappa shape index (κ2) is 9.73. The van der Waals surface area contributed by atoms with Gasteiger partial charge in [0.1, 0.15) is 12.3 Å². The Morgan fingerprint density at radius 2 is 1.83 bits per heavy atom. The number of benzene rings is 2. The Hall–Kier alpha value is -2.61. The molecule has 154 valence electrons. The fraction of sp³-hybridized carbons (Fsp3) is 0.333. The number of carbonyl (C=O) groups is 2. The highest BCUT2D eigenvalue weighted by atomic mass is 35.5. The van der Waals surface area contributed by atoms with Crippen molar-refractivity contribution in [1.82, 2.24) is 0 Å². The quantitative estimate of drug-likeness (QED) is 0.644. The van der Waals surface area contributed by atoms with E-state index in [0.29, 0.717) is 36.1 Å². The predicted molar refractivity (Wildman–Crippen MR) is 111 cm³/mol. The minimum atomic E-state index is -0.136. The molecule has 3 N–H and O–H groups in total. The molecule has 1 unspecified atom stereocenters. The van der Waals surface area contributed by atoms with Crippen molar-refractivity contribution in [3.8, 4) is 5.75 Å². The van der Waals surface area contributed by atoms with Crippen molar-refractivity contribution in [3.63, 3.8) is 0 Å². The van der Waals surface area contributed by atoms with Crippen LogP contribution in [0.3, 0.4) is 0 Å². The largest absolute Gasteiger partial charge is 0.467 e. The summed E-state index contributed by atoms with van der Waals surface area (Å²) in [4.78, 5) is 24.7. The maximum atomic E-state index is 12.5. The van der Waals surface area contributed by atoms with Crippen molar-refractivity contribution in [1.29, 1.82) is 0 Å². The lowest BCUT2D eigenvalue weighted by Gasteiger charge is -2.23. The fourth-order valence-electron chi connectivity index (χ4n) is 3.24. The Morgan fingerprint density at radius 3 is 2.48 bits per heavy atom. The van der Waals surface area contributed by atoms with E-state index in [1.165, 1.54) is 6.92 Å². The number of amides is 2. The third kappa shape index (κ3) is 5.93. The Balaban J connectivity index is 1.62. The molecule has 2 amide bonds. The molecule has 0 saturated carbocycles. The summed E-state index contributed by atoms with van der Waals surface area (Å²) in [7, 11) is 0. The Bertz CT molecular complexity index is 886. The third-order valence-corrected chi connectivity index (χ3v) is 4.81. The van der Waals surface area contributed by atoms with Crippen molar-refractivity contribution in [2.45, 2.75) is 27.0 Å². The molecule has 1 atom stereocenters. The minimum absolute atomic E-state index is 0.0886. The second-order valence-electron chi connectivity index (χ2n) is 6.93. The van der Waals surface area contributed by atoms with Crippen molar-refractivity contribution in [2.24, 2.45) is 0 Å². The topological polar surface area (TPSA) is 81.1 Å². The molecule has 0 bridgehead atoms. The lowest BCUT2D eigenvalue weighted by atomic mass is 10.1. The molecule has 0 aromatic heterocycles. The zero-order valence-corrected chi connectivity index (χ0v) is 17.3. The number of nitrogens with one attached hydrogen (secondary N) is 3. The molecule has 2 aromatic carbocycles. The van der Waals surface area contributed by atoms with Gasteiger partial charge in [0.15, 0.2) is 13.3 Å². The monoisotopic (exact) mass is 418 g/mol. The summed E-state index contributed by atoms with van der Waals surface area (Å²) in [5.74, 6) is 0.581. The SMILES string of the molecule is CC[NH+](CC(=O)Nc1ccc(NC(C)=O)cc1)Cc1cc(Cl)cc2c1OCOC2. The number of carbonyl (C=O) groups excluding carboxylic acids is 2. The van der Waals surface area contributed by atoms with E-state index in [-0.39, 0.29) is 18.6 Å². The molecule has 1 aliphatic heterocycles. The van der Waals surface area contributed by atoms with Gasteiger partial charge in [0.05, 0.1) is 18.7 Å². The van der Waals surface area contributed by atoms with Gasteiger partial charge in [-0.2, -0.15) is 0 Å². The van der Waals surface area contributed by atoms with Crippen LogP contribution < -0.4 is 20.3 Å². The van der Waals surface area contributed by atoms with Crippen molar-refractivity contribution < 1.29 is 24.0 Å². The molecule has 0 spiro atoms. The van der Waals surface area contributed by atoms with Crippen LogP contribution in [-0.2, 0) is 27.5 Å². The van der Waals surface area contributed by atoms with Gasteiger partial charge in [-0.15, -0.1) is 0 Å². The lowest BCUT2D eigenvalue weighted by Crippen LogP contribution is -3.11. The van der Waals surface area contributed by atoms with Gasteiger partial charge in [0.25, 0.3) is 5.91 Å². The fourth-order valence-corrected chi connectivity index (χ4v) is 3.51. The molecule has 0 aliphatic carbocycles. The lowest BCUT2D eigenvalue weighted by molar-refractivity contribution is -0.903. The first-order chi connectivity index (χ1) is 13.9. The number of hydrogen-bond acceptors (Lipinski definition) is 4. The maximum Gasteiger partial charge on any atom is 0.279 e. The van der Waals surface area contributed by atoms with Crippen LogP contribution in [-0.4, -0.2) is 31.7 Å². The van der Waals surface area contributed by atoms with E-state index in [1.54, 1.807) is 24.3 Å². The van der Waals surface area contributed by atoms with E-state index in [2.05, 4.69) is 10.6 Å². The Morgan fingerprint density at radius 1 is 1.14 bits per heavy atom. The zero-order valence-electron chi connectivity index (χ0n) is 16.5. The van der Waals surface area contributed by atoms with Gasteiger partial charge in [-0.25, -0.2) is 0 Å². The summed E-state index contributed by atoms with van der Waals surface area (Å²) in [6, 6.07) is 10.8. The molecule has 8 heteroatoms. The number of hydrogen-bond donors (Lipinski definition) is 3. The molecule has 0 saturated heterocycles. The highest BCUT2D eigenvalue weighted by Crippen LogP contribution is 2.31. The highest BCUT2D eigenvalue weighted by molar-refractivity contribution is 6.30. The number of fused-ring (bicyclic) bond motifs is 1. The van der Waals surface area contributed by atoms with Crippen LogP contribution in [0.5, 0.6) is 5.75 Å². The average molecular weight is 419 g/mol. The van der Waals surface area contributed by atoms with Gasteiger partial charge >= 0.3 is 0 Å². The summed E-state index contributed by atoms with van der Waals surface area (Å²) < 4.78 is 11.0. The first kappa shape index (κ1) is 21.1. The molecule has 1 heterocycles. The Labute approximate surface area is 174 Å². The summed E-state index contributed by atoms with van der Waals surface area (Å²) in [6.45, 7) is 5.87. The number of halogens is 1. The normalized spacial score (nSPS) is 13.8. The average Bonchev–Trinajstić information content (AvgIpc) is 2.68. The number of quaternary nitrogens is 1. The van der Waals surface area contributed by atoms with Gasteiger partial charge in [-0.05, 0) is 43.3 Å². The standard InChI is InChI=1S/C21H24ClN3O4/c1-3-25(10-15-8-17(22)9-16-12-28-13-29-21(15)16)11-20(27)24-19-6-4-18(5-7-19)23-14(2)26/h4-9H,3,10-13H2,1-2H3,(H,23,26)(H,24,27)/p+1. The zero-order chi connectivity index (χ0) is 20.8. The van der Waals surface area contributed by atoms with Gasteiger partial charge in [0.2, 0.25) is 5.91 Å². The van der Waals surface area contributed by atoms with E-state index in [1.807, 2.05) is 19.1 Å². The summed E-state index contributed by atoms with van der Waals surface area (Å²) in [5.41, 5.74) is 3.27.